The van der Waals surface area contributed by atoms with Crippen LogP contribution in [0.1, 0.15) is 45.9 Å². The lowest BCUT2D eigenvalue weighted by atomic mass is 10.1. The Morgan fingerprint density at radius 2 is 1.71 bits per heavy atom. The van der Waals surface area contributed by atoms with Crippen LogP contribution in [0.15, 0.2) is 60.7 Å². The van der Waals surface area contributed by atoms with Crippen LogP contribution < -0.4 is 0 Å². The third-order valence-corrected chi connectivity index (χ3v) is 7.04. The van der Waals surface area contributed by atoms with Crippen molar-refractivity contribution in [1.29, 1.82) is 0 Å². The van der Waals surface area contributed by atoms with Gasteiger partial charge < -0.3 is 9.80 Å². The van der Waals surface area contributed by atoms with Gasteiger partial charge in [-0.3, -0.25) is 9.59 Å². The highest BCUT2D eigenvalue weighted by atomic mass is 35.5. The van der Waals surface area contributed by atoms with E-state index < -0.39 is 0 Å². The highest BCUT2D eigenvalue weighted by Gasteiger charge is 2.25. The molecule has 0 saturated heterocycles. The van der Waals surface area contributed by atoms with Gasteiger partial charge in [-0.15, -0.1) is 11.3 Å². The fraction of sp³-hybridized carbons (Fsp3) is 0.333. The number of rotatable bonds is 10. The van der Waals surface area contributed by atoms with E-state index in [-0.39, 0.29) is 30.1 Å². The lowest BCUT2D eigenvalue weighted by molar-refractivity contribution is -0.133. The molecule has 2 aromatic carbocycles. The molecule has 0 unspecified atom stereocenters. The van der Waals surface area contributed by atoms with Crippen LogP contribution in [0.5, 0.6) is 0 Å². The second-order valence-electron chi connectivity index (χ2n) is 8.57. The number of amides is 2. The second kappa shape index (κ2) is 12.1. The first-order valence-corrected chi connectivity index (χ1v) is 12.6. The first kappa shape index (κ1) is 25.9. The summed E-state index contributed by atoms with van der Waals surface area (Å²) in [6.45, 7) is 7.29. The summed E-state index contributed by atoms with van der Waals surface area (Å²) in [6, 6.07) is 17.1. The molecule has 4 nitrogen and oxygen atoms in total. The maximum Gasteiger partial charge on any atom is 0.255 e. The molecule has 0 radical (unpaired) electrons. The summed E-state index contributed by atoms with van der Waals surface area (Å²) in [4.78, 5) is 32.5. The van der Waals surface area contributed by atoms with Crippen molar-refractivity contribution in [2.24, 2.45) is 5.92 Å². The van der Waals surface area contributed by atoms with Gasteiger partial charge in [-0.2, -0.15) is 0 Å². The predicted molar refractivity (Wildman–Crippen MR) is 137 cm³/mol. The standard InChI is InChI=1S/C27H30ClFN2O2S/c1-4-19(2)15-31(27(33)24-7-5-6-8-25(24)28)18-26(32)30(17-23-14-9-20(3)34-23)16-21-10-12-22(29)13-11-21/h5-14,19H,4,15-18H2,1-3H3/t19-/m0/s1. The first-order valence-electron chi connectivity index (χ1n) is 11.4. The van der Waals surface area contributed by atoms with Gasteiger partial charge in [-0.05, 0) is 54.8 Å². The summed E-state index contributed by atoms with van der Waals surface area (Å²) in [5, 5.41) is 0.367. The molecule has 1 heterocycles. The third kappa shape index (κ3) is 7.15. The van der Waals surface area contributed by atoms with Crippen molar-refractivity contribution in [2.75, 3.05) is 13.1 Å². The zero-order chi connectivity index (χ0) is 24.7. The van der Waals surface area contributed by atoms with E-state index in [9.17, 15) is 14.0 Å². The monoisotopic (exact) mass is 500 g/mol. The molecule has 7 heteroatoms. The average Bonchev–Trinajstić information content (AvgIpc) is 3.23. The average molecular weight is 501 g/mol. The molecule has 0 fully saturated rings. The Bertz CT molecular complexity index is 1120. The van der Waals surface area contributed by atoms with E-state index in [0.717, 1.165) is 21.7 Å². The van der Waals surface area contributed by atoms with E-state index in [4.69, 9.17) is 11.6 Å². The van der Waals surface area contributed by atoms with Crippen molar-refractivity contribution in [1.82, 2.24) is 9.80 Å². The number of carbonyl (C=O) groups excluding carboxylic acids is 2. The number of hydrogen-bond acceptors (Lipinski definition) is 3. The normalized spacial score (nSPS) is 11.8. The number of thiophene rings is 1. The van der Waals surface area contributed by atoms with Gasteiger partial charge in [0, 0.05) is 22.8 Å². The molecule has 3 aromatic rings. The van der Waals surface area contributed by atoms with Gasteiger partial charge in [0.25, 0.3) is 5.91 Å². The molecule has 0 aliphatic carbocycles. The molecule has 1 aromatic heterocycles. The second-order valence-corrected chi connectivity index (χ2v) is 10.3. The maximum atomic E-state index is 13.6. The zero-order valence-electron chi connectivity index (χ0n) is 19.8. The molecule has 1 atom stereocenters. The fourth-order valence-corrected chi connectivity index (χ4v) is 4.72. The topological polar surface area (TPSA) is 40.6 Å². The summed E-state index contributed by atoms with van der Waals surface area (Å²) in [6.07, 6.45) is 0.883. The quantitative estimate of drug-likeness (QED) is 0.316. The van der Waals surface area contributed by atoms with Gasteiger partial charge in [0.15, 0.2) is 0 Å². The van der Waals surface area contributed by atoms with E-state index in [1.807, 2.05) is 19.1 Å². The highest BCUT2D eigenvalue weighted by Crippen LogP contribution is 2.21. The molecule has 0 saturated carbocycles. The van der Waals surface area contributed by atoms with Crippen LogP contribution in [0.25, 0.3) is 0 Å². The van der Waals surface area contributed by atoms with Crippen molar-refractivity contribution >= 4 is 34.8 Å². The van der Waals surface area contributed by atoms with E-state index in [0.29, 0.717) is 30.2 Å². The molecule has 3 rings (SSSR count). The zero-order valence-corrected chi connectivity index (χ0v) is 21.3. The summed E-state index contributed by atoms with van der Waals surface area (Å²) in [5.41, 5.74) is 1.22. The smallest absolute Gasteiger partial charge is 0.255 e. The van der Waals surface area contributed by atoms with Crippen molar-refractivity contribution in [2.45, 2.75) is 40.3 Å². The number of hydrogen-bond donors (Lipinski definition) is 0. The van der Waals surface area contributed by atoms with Crippen LogP contribution >= 0.6 is 22.9 Å². The molecular weight excluding hydrogens is 471 g/mol. The van der Waals surface area contributed by atoms with Crippen LogP contribution in [0.2, 0.25) is 5.02 Å². The molecule has 0 bridgehead atoms. The summed E-state index contributed by atoms with van der Waals surface area (Å²) in [7, 11) is 0. The van der Waals surface area contributed by atoms with Crippen molar-refractivity contribution in [3.63, 3.8) is 0 Å². The van der Waals surface area contributed by atoms with E-state index >= 15 is 0 Å². The molecule has 0 aliphatic rings. The van der Waals surface area contributed by atoms with E-state index in [2.05, 4.69) is 13.8 Å². The van der Waals surface area contributed by atoms with E-state index in [1.165, 1.54) is 12.1 Å². The van der Waals surface area contributed by atoms with Gasteiger partial charge in [-0.1, -0.05) is 56.1 Å². The Morgan fingerprint density at radius 1 is 1.00 bits per heavy atom. The van der Waals surface area contributed by atoms with Gasteiger partial charge >= 0.3 is 0 Å². The maximum absolute atomic E-state index is 13.6. The van der Waals surface area contributed by atoms with Crippen molar-refractivity contribution in [3.8, 4) is 0 Å². The van der Waals surface area contributed by atoms with Crippen LogP contribution in [-0.2, 0) is 17.9 Å². The summed E-state index contributed by atoms with van der Waals surface area (Å²) >= 11 is 7.92. The Kier molecular flexibility index (Phi) is 9.25. The Hall–Kier alpha value is -2.70. The highest BCUT2D eigenvalue weighted by molar-refractivity contribution is 7.11. The minimum atomic E-state index is -0.319. The Balaban J connectivity index is 1.85. The Morgan fingerprint density at radius 3 is 2.32 bits per heavy atom. The molecular formula is C27H30ClFN2O2S. The van der Waals surface area contributed by atoms with Gasteiger partial charge in [-0.25, -0.2) is 4.39 Å². The molecule has 2 amide bonds. The minimum Gasteiger partial charge on any atom is -0.332 e. The van der Waals surface area contributed by atoms with Crippen LogP contribution in [0, 0.1) is 18.7 Å². The number of nitrogens with zero attached hydrogens (tertiary/aromatic N) is 2. The summed E-state index contributed by atoms with van der Waals surface area (Å²) < 4.78 is 13.4. The van der Waals surface area contributed by atoms with Crippen molar-refractivity contribution < 1.29 is 14.0 Å². The van der Waals surface area contributed by atoms with Gasteiger partial charge in [0.2, 0.25) is 5.91 Å². The number of benzene rings is 2. The van der Waals surface area contributed by atoms with Gasteiger partial charge in [0.1, 0.15) is 12.4 Å². The van der Waals surface area contributed by atoms with Crippen LogP contribution in [0.4, 0.5) is 4.39 Å². The largest absolute Gasteiger partial charge is 0.332 e. The lowest BCUT2D eigenvalue weighted by Gasteiger charge is -2.29. The summed E-state index contributed by atoms with van der Waals surface area (Å²) in [5.74, 6) is -0.516. The lowest BCUT2D eigenvalue weighted by Crippen LogP contribution is -2.44. The fourth-order valence-electron chi connectivity index (χ4n) is 3.59. The van der Waals surface area contributed by atoms with Gasteiger partial charge in [0.05, 0.1) is 17.1 Å². The minimum absolute atomic E-state index is 0.0556. The van der Waals surface area contributed by atoms with Crippen LogP contribution in [-0.4, -0.2) is 34.7 Å². The third-order valence-electron chi connectivity index (χ3n) is 5.73. The SMILES string of the molecule is CC[C@H](C)CN(CC(=O)N(Cc1ccc(F)cc1)Cc1ccc(C)s1)C(=O)c1ccccc1Cl. The van der Waals surface area contributed by atoms with E-state index in [1.54, 1.807) is 57.5 Å². The Labute approximate surface area is 210 Å². The van der Waals surface area contributed by atoms with Crippen molar-refractivity contribution in [3.05, 3.63) is 92.4 Å². The number of carbonyl (C=O) groups is 2. The van der Waals surface area contributed by atoms with Crippen LogP contribution in [0.3, 0.4) is 0 Å². The molecule has 0 spiro atoms. The molecule has 34 heavy (non-hydrogen) atoms. The number of halogens is 2. The predicted octanol–water partition coefficient (Wildman–Crippen LogP) is 6.57. The molecule has 0 aliphatic heterocycles. The first-order chi connectivity index (χ1) is 16.3. The molecule has 180 valence electrons. The molecule has 0 N–H and O–H groups in total. The number of aryl methyl sites for hydroxylation is 1.